The van der Waals surface area contributed by atoms with Crippen LogP contribution in [0.3, 0.4) is 0 Å². The highest BCUT2D eigenvalue weighted by Gasteiger charge is 2.30. The molecule has 1 amide bonds. The second-order valence-corrected chi connectivity index (χ2v) is 7.27. The molecule has 0 atom stereocenters. The highest BCUT2D eigenvalue weighted by Crippen LogP contribution is 2.20. The molecule has 6 nitrogen and oxygen atoms in total. The van der Waals surface area contributed by atoms with Crippen LogP contribution in [-0.2, 0) is 9.53 Å². The third kappa shape index (κ3) is 7.50. The van der Waals surface area contributed by atoms with E-state index >= 15 is 0 Å². The molecule has 25 heavy (non-hydrogen) atoms. The molecular formula is C17H33IN4O2S. The van der Waals surface area contributed by atoms with E-state index in [0.29, 0.717) is 19.1 Å². The molecule has 0 spiro atoms. The predicted octanol–water partition coefficient (Wildman–Crippen LogP) is 1.89. The molecule has 2 aliphatic rings. The van der Waals surface area contributed by atoms with Gasteiger partial charge in [-0.3, -0.25) is 9.79 Å². The van der Waals surface area contributed by atoms with Gasteiger partial charge in [-0.05, 0) is 38.2 Å². The molecule has 8 heteroatoms. The Kier molecular flexibility index (Phi) is 11.9. The number of carbonyl (C=O) groups is 1. The Morgan fingerprint density at radius 3 is 2.48 bits per heavy atom. The Hall–Kier alpha value is -0.220. The summed E-state index contributed by atoms with van der Waals surface area (Å²) in [6.07, 6.45) is 5.09. The lowest BCUT2D eigenvalue weighted by molar-refractivity contribution is -0.140. The number of amides is 1. The number of aliphatic imine (C=N–C) groups is 1. The molecule has 0 radical (unpaired) electrons. The fraction of sp³-hybridized carbons (Fsp3) is 0.882. The van der Waals surface area contributed by atoms with Gasteiger partial charge in [0.15, 0.2) is 5.96 Å². The predicted molar refractivity (Wildman–Crippen MR) is 116 cm³/mol. The Labute approximate surface area is 173 Å². The first kappa shape index (κ1) is 22.8. The number of hydrogen-bond donors (Lipinski definition) is 1. The van der Waals surface area contributed by atoms with Gasteiger partial charge in [-0.1, -0.05) is 0 Å². The molecule has 2 heterocycles. The van der Waals surface area contributed by atoms with E-state index in [4.69, 9.17) is 9.73 Å². The van der Waals surface area contributed by atoms with E-state index in [-0.39, 0.29) is 29.9 Å². The van der Waals surface area contributed by atoms with Crippen LogP contribution in [0.4, 0.5) is 0 Å². The maximum absolute atomic E-state index is 12.6. The molecule has 0 bridgehead atoms. The molecule has 2 saturated heterocycles. The van der Waals surface area contributed by atoms with Crippen molar-refractivity contribution in [1.82, 2.24) is 15.1 Å². The SMILES string of the molecule is CCNC(=NCCCSC)N1CCC(C(=O)N2CCOCC2)CC1.I. The van der Waals surface area contributed by atoms with Gasteiger partial charge in [-0.25, -0.2) is 0 Å². The van der Waals surface area contributed by atoms with E-state index < -0.39 is 0 Å². The normalized spacial score (nSPS) is 19.5. The van der Waals surface area contributed by atoms with Gasteiger partial charge in [0.05, 0.1) is 13.2 Å². The van der Waals surface area contributed by atoms with Crippen LogP contribution in [0.25, 0.3) is 0 Å². The minimum atomic E-state index is 0. The number of piperidine rings is 1. The number of carbonyl (C=O) groups excluding carboxylic acids is 1. The van der Waals surface area contributed by atoms with Gasteiger partial charge in [-0.15, -0.1) is 24.0 Å². The Balaban J connectivity index is 0.00000312. The van der Waals surface area contributed by atoms with Crippen molar-refractivity contribution in [3.05, 3.63) is 0 Å². The average Bonchev–Trinajstić information content (AvgIpc) is 2.64. The van der Waals surface area contributed by atoms with E-state index in [9.17, 15) is 4.79 Å². The first-order valence-electron chi connectivity index (χ1n) is 9.15. The van der Waals surface area contributed by atoms with E-state index in [1.807, 2.05) is 16.7 Å². The van der Waals surface area contributed by atoms with Crippen LogP contribution in [-0.4, -0.2) is 86.2 Å². The van der Waals surface area contributed by atoms with Gasteiger partial charge < -0.3 is 19.9 Å². The van der Waals surface area contributed by atoms with Crippen molar-refractivity contribution in [2.75, 3.05) is 64.5 Å². The summed E-state index contributed by atoms with van der Waals surface area (Å²) >= 11 is 1.86. The summed E-state index contributed by atoms with van der Waals surface area (Å²) in [7, 11) is 0. The fourth-order valence-corrected chi connectivity index (χ4v) is 3.62. The summed E-state index contributed by atoms with van der Waals surface area (Å²) in [5, 5.41) is 3.39. The molecular weight excluding hydrogens is 451 g/mol. The van der Waals surface area contributed by atoms with Crippen molar-refractivity contribution in [3.8, 4) is 0 Å². The number of guanidine groups is 1. The minimum absolute atomic E-state index is 0. The van der Waals surface area contributed by atoms with E-state index in [2.05, 4.69) is 23.4 Å². The summed E-state index contributed by atoms with van der Waals surface area (Å²) < 4.78 is 5.34. The molecule has 0 aromatic heterocycles. The largest absolute Gasteiger partial charge is 0.378 e. The van der Waals surface area contributed by atoms with Gasteiger partial charge in [0.1, 0.15) is 0 Å². The van der Waals surface area contributed by atoms with Gasteiger partial charge in [-0.2, -0.15) is 11.8 Å². The maximum Gasteiger partial charge on any atom is 0.225 e. The fourth-order valence-electron chi connectivity index (χ4n) is 3.20. The highest BCUT2D eigenvalue weighted by molar-refractivity contribution is 14.0. The first-order valence-corrected chi connectivity index (χ1v) is 10.5. The van der Waals surface area contributed by atoms with Crippen molar-refractivity contribution < 1.29 is 9.53 Å². The van der Waals surface area contributed by atoms with E-state index in [1.54, 1.807) is 0 Å². The summed E-state index contributed by atoms with van der Waals surface area (Å²) in [4.78, 5) is 21.6. The van der Waals surface area contributed by atoms with Crippen LogP contribution in [0, 0.1) is 5.92 Å². The zero-order valence-corrected chi connectivity index (χ0v) is 18.7. The number of nitrogens with one attached hydrogen (secondary N) is 1. The van der Waals surface area contributed by atoms with Crippen molar-refractivity contribution in [3.63, 3.8) is 0 Å². The first-order chi connectivity index (χ1) is 11.8. The molecule has 2 rings (SSSR count). The number of thioether (sulfide) groups is 1. The molecule has 2 aliphatic heterocycles. The monoisotopic (exact) mass is 484 g/mol. The van der Waals surface area contributed by atoms with Crippen LogP contribution < -0.4 is 5.32 Å². The van der Waals surface area contributed by atoms with Gasteiger partial charge >= 0.3 is 0 Å². The molecule has 0 unspecified atom stereocenters. The quantitative estimate of drug-likeness (QED) is 0.270. The molecule has 0 aromatic rings. The van der Waals surface area contributed by atoms with Crippen LogP contribution >= 0.6 is 35.7 Å². The number of hydrogen-bond acceptors (Lipinski definition) is 4. The summed E-state index contributed by atoms with van der Waals surface area (Å²) in [5.41, 5.74) is 0. The second-order valence-electron chi connectivity index (χ2n) is 6.28. The van der Waals surface area contributed by atoms with Crippen molar-refractivity contribution in [2.24, 2.45) is 10.9 Å². The molecule has 0 aromatic carbocycles. The molecule has 0 saturated carbocycles. The molecule has 0 aliphatic carbocycles. The van der Waals surface area contributed by atoms with Crippen LogP contribution in [0.2, 0.25) is 0 Å². The molecule has 1 N–H and O–H groups in total. The van der Waals surface area contributed by atoms with Crippen molar-refractivity contribution in [2.45, 2.75) is 26.2 Å². The lowest BCUT2D eigenvalue weighted by Crippen LogP contribution is -2.50. The Morgan fingerprint density at radius 1 is 1.20 bits per heavy atom. The molecule has 2 fully saturated rings. The summed E-state index contributed by atoms with van der Waals surface area (Å²) in [6.45, 7) is 8.53. The lowest BCUT2D eigenvalue weighted by atomic mass is 9.95. The van der Waals surface area contributed by atoms with Crippen LogP contribution in [0.15, 0.2) is 4.99 Å². The number of morpholine rings is 1. The Bertz CT molecular complexity index is 411. The summed E-state index contributed by atoms with van der Waals surface area (Å²) in [5.74, 6) is 2.65. The lowest BCUT2D eigenvalue weighted by Gasteiger charge is -2.36. The van der Waals surface area contributed by atoms with Crippen molar-refractivity contribution in [1.29, 1.82) is 0 Å². The topological polar surface area (TPSA) is 57.2 Å². The zero-order valence-electron chi connectivity index (χ0n) is 15.5. The third-order valence-corrected chi connectivity index (χ3v) is 5.27. The highest BCUT2D eigenvalue weighted by atomic mass is 127. The average molecular weight is 484 g/mol. The summed E-state index contributed by atoms with van der Waals surface area (Å²) in [6, 6.07) is 0. The standard InChI is InChI=1S/C17H32N4O2S.HI/c1-3-18-17(19-7-4-14-24-2)21-8-5-15(6-9-21)16(22)20-10-12-23-13-11-20;/h15H,3-14H2,1-2H3,(H,18,19);1H. The smallest absolute Gasteiger partial charge is 0.225 e. The third-order valence-electron chi connectivity index (χ3n) is 4.57. The number of rotatable bonds is 6. The van der Waals surface area contributed by atoms with Gasteiger partial charge in [0.2, 0.25) is 5.91 Å². The Morgan fingerprint density at radius 2 is 1.88 bits per heavy atom. The van der Waals surface area contributed by atoms with Crippen LogP contribution in [0.5, 0.6) is 0 Å². The molecule has 146 valence electrons. The van der Waals surface area contributed by atoms with E-state index in [1.165, 1.54) is 0 Å². The van der Waals surface area contributed by atoms with E-state index in [0.717, 1.165) is 70.2 Å². The number of ether oxygens (including phenoxy) is 1. The number of likely N-dealkylation sites (tertiary alicyclic amines) is 1. The maximum atomic E-state index is 12.6. The second kappa shape index (κ2) is 13.0. The van der Waals surface area contributed by atoms with Crippen molar-refractivity contribution >= 4 is 47.6 Å². The minimum Gasteiger partial charge on any atom is -0.378 e. The number of halogens is 1. The number of nitrogens with zero attached hydrogens (tertiary/aromatic N) is 3. The van der Waals surface area contributed by atoms with Gasteiger partial charge in [0.25, 0.3) is 0 Å². The zero-order chi connectivity index (χ0) is 17.2. The van der Waals surface area contributed by atoms with Gasteiger partial charge in [0, 0.05) is 45.2 Å². The van der Waals surface area contributed by atoms with Crippen LogP contribution in [0.1, 0.15) is 26.2 Å².